The molecule has 0 aromatic rings. The SMILES string of the molecule is CCCC(=O)N(CCO)CC1CCCN1. The van der Waals surface area contributed by atoms with E-state index >= 15 is 0 Å². The molecule has 4 heteroatoms. The van der Waals surface area contributed by atoms with Crippen molar-refractivity contribution in [1.82, 2.24) is 10.2 Å². The molecule has 1 rings (SSSR count). The van der Waals surface area contributed by atoms with Gasteiger partial charge in [0.1, 0.15) is 0 Å². The van der Waals surface area contributed by atoms with Crippen molar-refractivity contribution < 1.29 is 9.90 Å². The number of carbonyl (C=O) groups excluding carboxylic acids is 1. The zero-order chi connectivity index (χ0) is 11.1. The lowest BCUT2D eigenvalue weighted by Crippen LogP contribution is -2.42. The van der Waals surface area contributed by atoms with Crippen molar-refractivity contribution in [3.05, 3.63) is 0 Å². The maximum atomic E-state index is 11.7. The van der Waals surface area contributed by atoms with Crippen molar-refractivity contribution >= 4 is 5.91 Å². The summed E-state index contributed by atoms with van der Waals surface area (Å²) in [4.78, 5) is 13.5. The van der Waals surface area contributed by atoms with Crippen LogP contribution < -0.4 is 5.32 Å². The Labute approximate surface area is 91.6 Å². The van der Waals surface area contributed by atoms with E-state index in [0.717, 1.165) is 25.9 Å². The standard InChI is InChI=1S/C11H22N2O2/c1-2-4-11(15)13(7-8-14)9-10-5-3-6-12-10/h10,12,14H,2-9H2,1H3. The van der Waals surface area contributed by atoms with Gasteiger partial charge in [-0.1, -0.05) is 6.92 Å². The smallest absolute Gasteiger partial charge is 0.222 e. The normalized spacial score (nSPS) is 20.5. The molecule has 88 valence electrons. The van der Waals surface area contributed by atoms with E-state index in [2.05, 4.69) is 5.32 Å². The lowest BCUT2D eigenvalue weighted by Gasteiger charge is -2.25. The number of rotatable bonds is 6. The highest BCUT2D eigenvalue weighted by Crippen LogP contribution is 2.08. The molecule has 0 aromatic carbocycles. The van der Waals surface area contributed by atoms with Crippen LogP contribution in [0.1, 0.15) is 32.6 Å². The Morgan fingerprint density at radius 3 is 2.93 bits per heavy atom. The Kier molecular flexibility index (Phi) is 5.65. The van der Waals surface area contributed by atoms with Crippen LogP contribution >= 0.6 is 0 Å². The van der Waals surface area contributed by atoms with Crippen molar-refractivity contribution in [2.75, 3.05) is 26.2 Å². The number of aliphatic hydroxyl groups is 1. The number of nitrogens with zero attached hydrogens (tertiary/aromatic N) is 1. The van der Waals surface area contributed by atoms with E-state index < -0.39 is 0 Å². The minimum Gasteiger partial charge on any atom is -0.395 e. The molecule has 0 bridgehead atoms. The molecule has 1 unspecified atom stereocenters. The number of aliphatic hydroxyl groups excluding tert-OH is 1. The van der Waals surface area contributed by atoms with Crippen molar-refractivity contribution in [3.8, 4) is 0 Å². The van der Waals surface area contributed by atoms with Crippen LogP contribution in [0.3, 0.4) is 0 Å². The fourth-order valence-corrected chi connectivity index (χ4v) is 1.99. The third-order valence-electron chi connectivity index (χ3n) is 2.79. The summed E-state index contributed by atoms with van der Waals surface area (Å²) in [6.45, 7) is 4.33. The summed E-state index contributed by atoms with van der Waals surface area (Å²) in [6.07, 6.45) is 3.80. The van der Waals surface area contributed by atoms with Gasteiger partial charge in [-0.25, -0.2) is 0 Å². The largest absolute Gasteiger partial charge is 0.395 e. The summed E-state index contributed by atoms with van der Waals surface area (Å²) in [5, 5.41) is 12.3. The van der Waals surface area contributed by atoms with Gasteiger partial charge in [0.15, 0.2) is 0 Å². The Hall–Kier alpha value is -0.610. The van der Waals surface area contributed by atoms with Crippen LogP contribution in [0.5, 0.6) is 0 Å². The monoisotopic (exact) mass is 214 g/mol. The lowest BCUT2D eigenvalue weighted by atomic mass is 10.2. The zero-order valence-electron chi connectivity index (χ0n) is 9.54. The second-order valence-corrected chi connectivity index (χ2v) is 4.11. The van der Waals surface area contributed by atoms with Crippen LogP contribution in [0, 0.1) is 0 Å². The maximum absolute atomic E-state index is 11.7. The number of hydrogen-bond acceptors (Lipinski definition) is 3. The number of amides is 1. The third kappa shape index (κ3) is 4.18. The minimum absolute atomic E-state index is 0.0577. The molecule has 1 amide bonds. The van der Waals surface area contributed by atoms with Gasteiger partial charge in [0, 0.05) is 25.6 Å². The molecule has 1 atom stereocenters. The van der Waals surface area contributed by atoms with Gasteiger partial charge in [0.25, 0.3) is 0 Å². The van der Waals surface area contributed by atoms with Gasteiger partial charge < -0.3 is 15.3 Å². The maximum Gasteiger partial charge on any atom is 0.222 e. The molecule has 1 aliphatic heterocycles. The van der Waals surface area contributed by atoms with E-state index in [4.69, 9.17) is 5.11 Å². The van der Waals surface area contributed by atoms with E-state index in [1.54, 1.807) is 4.90 Å². The van der Waals surface area contributed by atoms with Crippen LogP contribution in [-0.4, -0.2) is 48.2 Å². The molecule has 2 N–H and O–H groups in total. The quantitative estimate of drug-likeness (QED) is 0.671. The Balaban J connectivity index is 2.37. The first-order valence-corrected chi connectivity index (χ1v) is 5.90. The minimum atomic E-state index is 0.0577. The molecule has 0 spiro atoms. The van der Waals surface area contributed by atoms with Gasteiger partial charge in [-0.2, -0.15) is 0 Å². The summed E-state index contributed by atoms with van der Waals surface area (Å²) in [5.41, 5.74) is 0. The van der Waals surface area contributed by atoms with Crippen molar-refractivity contribution in [3.63, 3.8) is 0 Å². The van der Waals surface area contributed by atoms with E-state index in [1.165, 1.54) is 6.42 Å². The fourth-order valence-electron chi connectivity index (χ4n) is 1.99. The van der Waals surface area contributed by atoms with Gasteiger partial charge >= 0.3 is 0 Å². The molecule has 4 nitrogen and oxygen atoms in total. The third-order valence-corrected chi connectivity index (χ3v) is 2.79. The summed E-state index contributed by atoms with van der Waals surface area (Å²) >= 11 is 0. The molecule has 0 aromatic heterocycles. The summed E-state index contributed by atoms with van der Waals surface area (Å²) in [6, 6.07) is 0.428. The molecule has 0 aliphatic carbocycles. The van der Waals surface area contributed by atoms with Gasteiger partial charge in [0.2, 0.25) is 5.91 Å². The molecule has 1 saturated heterocycles. The molecule has 0 radical (unpaired) electrons. The highest BCUT2D eigenvalue weighted by atomic mass is 16.3. The predicted molar refractivity (Wildman–Crippen MR) is 59.6 cm³/mol. The van der Waals surface area contributed by atoms with Crippen LogP contribution in [0.4, 0.5) is 0 Å². The summed E-state index contributed by atoms with van der Waals surface area (Å²) in [5.74, 6) is 0.167. The topological polar surface area (TPSA) is 52.6 Å². The first-order chi connectivity index (χ1) is 7.27. The van der Waals surface area contributed by atoms with Gasteiger partial charge in [-0.05, 0) is 25.8 Å². The fraction of sp³-hybridized carbons (Fsp3) is 0.909. The van der Waals surface area contributed by atoms with Crippen LogP contribution in [0.25, 0.3) is 0 Å². The lowest BCUT2D eigenvalue weighted by molar-refractivity contribution is -0.132. The summed E-state index contributed by atoms with van der Waals surface area (Å²) in [7, 11) is 0. The average Bonchev–Trinajstić information content (AvgIpc) is 2.70. The first-order valence-electron chi connectivity index (χ1n) is 5.90. The Bertz CT molecular complexity index is 191. The van der Waals surface area contributed by atoms with Gasteiger partial charge in [-0.15, -0.1) is 0 Å². The molecule has 0 saturated carbocycles. The van der Waals surface area contributed by atoms with Gasteiger partial charge in [-0.3, -0.25) is 4.79 Å². The van der Waals surface area contributed by atoms with Crippen LogP contribution in [-0.2, 0) is 4.79 Å². The molecule has 15 heavy (non-hydrogen) atoms. The van der Waals surface area contributed by atoms with E-state index in [1.807, 2.05) is 6.92 Å². The van der Waals surface area contributed by atoms with Crippen molar-refractivity contribution in [2.24, 2.45) is 0 Å². The second kappa shape index (κ2) is 6.80. The van der Waals surface area contributed by atoms with Crippen LogP contribution in [0.2, 0.25) is 0 Å². The van der Waals surface area contributed by atoms with E-state index in [0.29, 0.717) is 19.0 Å². The van der Waals surface area contributed by atoms with Crippen molar-refractivity contribution in [1.29, 1.82) is 0 Å². The van der Waals surface area contributed by atoms with Gasteiger partial charge in [0.05, 0.1) is 6.61 Å². The summed E-state index contributed by atoms with van der Waals surface area (Å²) < 4.78 is 0. The molecular formula is C11H22N2O2. The Morgan fingerprint density at radius 1 is 1.60 bits per heavy atom. The van der Waals surface area contributed by atoms with Crippen LogP contribution in [0.15, 0.2) is 0 Å². The van der Waals surface area contributed by atoms with E-state index in [9.17, 15) is 4.79 Å². The molecule has 1 heterocycles. The molecule has 1 fully saturated rings. The second-order valence-electron chi connectivity index (χ2n) is 4.11. The Morgan fingerprint density at radius 2 is 2.40 bits per heavy atom. The number of carbonyl (C=O) groups is 1. The molecule has 1 aliphatic rings. The first kappa shape index (κ1) is 12.5. The van der Waals surface area contributed by atoms with E-state index in [-0.39, 0.29) is 12.5 Å². The molecular weight excluding hydrogens is 192 g/mol. The predicted octanol–water partition coefficient (Wildman–Crippen LogP) is 0.359. The number of hydrogen-bond donors (Lipinski definition) is 2. The highest BCUT2D eigenvalue weighted by Gasteiger charge is 2.20. The van der Waals surface area contributed by atoms with Crippen molar-refractivity contribution in [2.45, 2.75) is 38.6 Å². The zero-order valence-corrected chi connectivity index (χ0v) is 9.54. The highest BCUT2D eigenvalue weighted by molar-refractivity contribution is 5.76. The number of nitrogens with one attached hydrogen (secondary N) is 1. The average molecular weight is 214 g/mol.